The third-order valence-corrected chi connectivity index (χ3v) is 5.45. The molecule has 6 nitrogen and oxygen atoms in total. The molecule has 132 valence electrons. The lowest BCUT2D eigenvalue weighted by molar-refractivity contribution is 0.480. The maximum absolute atomic E-state index is 12.6. The van der Waals surface area contributed by atoms with Gasteiger partial charge in [-0.05, 0) is 66.6 Å². The van der Waals surface area contributed by atoms with Crippen LogP contribution in [0.5, 0.6) is 11.5 Å². The van der Waals surface area contributed by atoms with Gasteiger partial charge in [0.05, 0.1) is 11.1 Å². The summed E-state index contributed by atoms with van der Waals surface area (Å²) in [7, 11) is -3.64. The summed E-state index contributed by atoms with van der Waals surface area (Å²) in [5, 5.41) is 3.22. The number of aromatic nitrogens is 1. The van der Waals surface area contributed by atoms with Crippen LogP contribution in [-0.4, -0.2) is 19.9 Å². The molecule has 7 heteroatoms. The zero-order chi connectivity index (χ0) is 18.0. The fourth-order valence-corrected chi connectivity index (χ4v) is 3.91. The van der Waals surface area contributed by atoms with Crippen LogP contribution in [0.15, 0.2) is 71.9 Å². The lowest BCUT2D eigenvalue weighted by Gasteiger charge is -2.10. The Hall–Kier alpha value is -3.06. The summed E-state index contributed by atoms with van der Waals surface area (Å²) in [6.07, 6.45) is 4.11. The SMILES string of the molecule is O=S(=O)(Nc1ccc(Oc2cccnc2)cc1)c1ccc2c(c1)CCN2. The van der Waals surface area contributed by atoms with Crippen molar-refractivity contribution < 1.29 is 13.2 Å². The molecular formula is C19H17N3O3S. The smallest absolute Gasteiger partial charge is 0.261 e. The molecule has 2 heterocycles. The Morgan fingerprint density at radius 2 is 1.88 bits per heavy atom. The van der Waals surface area contributed by atoms with Gasteiger partial charge >= 0.3 is 0 Å². The molecule has 2 N–H and O–H groups in total. The van der Waals surface area contributed by atoms with Crippen LogP contribution in [-0.2, 0) is 16.4 Å². The topological polar surface area (TPSA) is 80.3 Å². The molecule has 26 heavy (non-hydrogen) atoms. The van der Waals surface area contributed by atoms with Gasteiger partial charge in [-0.3, -0.25) is 9.71 Å². The second-order valence-corrected chi connectivity index (χ2v) is 7.60. The number of nitrogens with zero attached hydrogens (tertiary/aromatic N) is 1. The molecule has 2 aromatic carbocycles. The lowest BCUT2D eigenvalue weighted by Crippen LogP contribution is -2.13. The van der Waals surface area contributed by atoms with E-state index < -0.39 is 10.0 Å². The highest BCUT2D eigenvalue weighted by molar-refractivity contribution is 7.92. The van der Waals surface area contributed by atoms with Crippen molar-refractivity contribution in [1.29, 1.82) is 0 Å². The number of ether oxygens (including phenoxy) is 1. The van der Waals surface area contributed by atoms with Crippen molar-refractivity contribution in [2.45, 2.75) is 11.3 Å². The summed E-state index contributed by atoms with van der Waals surface area (Å²) in [6.45, 7) is 0.838. The second kappa shape index (κ2) is 6.68. The quantitative estimate of drug-likeness (QED) is 0.720. The van der Waals surface area contributed by atoms with Gasteiger partial charge in [-0.15, -0.1) is 0 Å². The Morgan fingerprint density at radius 3 is 2.65 bits per heavy atom. The van der Waals surface area contributed by atoms with Crippen molar-refractivity contribution >= 4 is 21.4 Å². The molecule has 0 aliphatic carbocycles. The van der Waals surface area contributed by atoms with Crippen LogP contribution < -0.4 is 14.8 Å². The van der Waals surface area contributed by atoms with Crippen molar-refractivity contribution in [3.63, 3.8) is 0 Å². The number of hydrogen-bond acceptors (Lipinski definition) is 5. The number of nitrogens with one attached hydrogen (secondary N) is 2. The number of hydrogen-bond donors (Lipinski definition) is 2. The van der Waals surface area contributed by atoms with Gasteiger partial charge in [0.15, 0.2) is 0 Å². The van der Waals surface area contributed by atoms with Gasteiger partial charge in [-0.25, -0.2) is 8.42 Å². The summed E-state index contributed by atoms with van der Waals surface area (Å²) in [4.78, 5) is 4.24. The van der Waals surface area contributed by atoms with Crippen LogP contribution >= 0.6 is 0 Å². The fraction of sp³-hybridized carbons (Fsp3) is 0.105. The summed E-state index contributed by atoms with van der Waals surface area (Å²) in [5.41, 5.74) is 2.50. The molecule has 1 aliphatic rings. The minimum absolute atomic E-state index is 0.260. The Bertz CT molecular complexity index is 1020. The number of benzene rings is 2. The standard InChI is InChI=1S/C19H17N3O3S/c23-26(24,18-7-8-19-14(12-18)9-11-21-19)22-15-3-5-16(6-4-15)25-17-2-1-10-20-13-17/h1-8,10,12-13,21-22H,9,11H2. The van der Waals surface area contributed by atoms with Crippen LogP contribution in [0.2, 0.25) is 0 Å². The molecular weight excluding hydrogens is 350 g/mol. The molecule has 0 saturated carbocycles. The average molecular weight is 367 g/mol. The first-order chi connectivity index (χ1) is 12.6. The zero-order valence-electron chi connectivity index (χ0n) is 13.8. The molecule has 0 amide bonds. The number of sulfonamides is 1. The monoisotopic (exact) mass is 367 g/mol. The Labute approximate surface area is 151 Å². The molecule has 0 radical (unpaired) electrons. The first-order valence-corrected chi connectivity index (χ1v) is 9.66. The van der Waals surface area contributed by atoms with E-state index in [2.05, 4.69) is 15.0 Å². The highest BCUT2D eigenvalue weighted by Crippen LogP contribution is 2.27. The van der Waals surface area contributed by atoms with Crippen LogP contribution in [0, 0.1) is 0 Å². The Morgan fingerprint density at radius 1 is 1.04 bits per heavy atom. The molecule has 0 unspecified atom stereocenters. The number of rotatable bonds is 5. The van der Waals surface area contributed by atoms with E-state index in [0.29, 0.717) is 17.2 Å². The van der Waals surface area contributed by atoms with Gasteiger partial charge in [0, 0.05) is 24.1 Å². The maximum Gasteiger partial charge on any atom is 0.261 e. The van der Waals surface area contributed by atoms with Crippen LogP contribution in [0.4, 0.5) is 11.4 Å². The predicted molar refractivity (Wildman–Crippen MR) is 100 cm³/mol. The van der Waals surface area contributed by atoms with Gasteiger partial charge < -0.3 is 10.1 Å². The summed E-state index contributed by atoms with van der Waals surface area (Å²) < 4.78 is 33.5. The van der Waals surface area contributed by atoms with E-state index in [4.69, 9.17) is 4.74 Å². The highest BCUT2D eigenvalue weighted by atomic mass is 32.2. The minimum Gasteiger partial charge on any atom is -0.456 e. The van der Waals surface area contributed by atoms with Gasteiger partial charge in [0.25, 0.3) is 10.0 Å². The van der Waals surface area contributed by atoms with Crippen molar-refractivity contribution in [1.82, 2.24) is 4.98 Å². The number of pyridine rings is 1. The van der Waals surface area contributed by atoms with Gasteiger partial charge in [0.2, 0.25) is 0 Å². The van der Waals surface area contributed by atoms with Crippen molar-refractivity contribution in [3.05, 3.63) is 72.6 Å². The van der Waals surface area contributed by atoms with Gasteiger partial charge in [-0.1, -0.05) is 0 Å². The first kappa shape index (κ1) is 16.4. The van der Waals surface area contributed by atoms with E-state index in [1.807, 2.05) is 6.07 Å². The Balaban J connectivity index is 1.49. The van der Waals surface area contributed by atoms with Crippen molar-refractivity contribution in [2.24, 2.45) is 0 Å². The summed E-state index contributed by atoms with van der Waals surface area (Å²) in [6, 6.07) is 15.5. The van der Waals surface area contributed by atoms with Crippen LogP contribution in [0.25, 0.3) is 0 Å². The van der Waals surface area contributed by atoms with E-state index in [1.54, 1.807) is 60.9 Å². The van der Waals surface area contributed by atoms with Crippen molar-refractivity contribution in [2.75, 3.05) is 16.6 Å². The molecule has 0 fully saturated rings. The fourth-order valence-electron chi connectivity index (χ4n) is 2.80. The highest BCUT2D eigenvalue weighted by Gasteiger charge is 2.18. The molecule has 0 saturated heterocycles. The van der Waals surface area contributed by atoms with Crippen molar-refractivity contribution in [3.8, 4) is 11.5 Å². The minimum atomic E-state index is -3.64. The molecule has 0 atom stereocenters. The van der Waals surface area contributed by atoms with E-state index in [9.17, 15) is 8.42 Å². The van der Waals surface area contributed by atoms with Crippen LogP contribution in [0.3, 0.4) is 0 Å². The normalized spacial score (nSPS) is 12.9. The van der Waals surface area contributed by atoms with Gasteiger partial charge in [-0.2, -0.15) is 0 Å². The van der Waals surface area contributed by atoms with E-state index >= 15 is 0 Å². The second-order valence-electron chi connectivity index (χ2n) is 5.92. The third kappa shape index (κ3) is 3.48. The third-order valence-electron chi connectivity index (χ3n) is 4.07. The largest absolute Gasteiger partial charge is 0.456 e. The molecule has 3 aromatic rings. The van der Waals surface area contributed by atoms with E-state index in [1.165, 1.54) is 0 Å². The number of anilines is 2. The molecule has 0 bridgehead atoms. The van der Waals surface area contributed by atoms with Gasteiger partial charge in [0.1, 0.15) is 11.5 Å². The van der Waals surface area contributed by atoms with E-state index in [0.717, 1.165) is 24.2 Å². The molecule has 1 aromatic heterocycles. The summed E-state index contributed by atoms with van der Waals surface area (Å²) in [5.74, 6) is 1.22. The maximum atomic E-state index is 12.6. The first-order valence-electron chi connectivity index (χ1n) is 8.18. The Kier molecular flexibility index (Phi) is 4.22. The van der Waals surface area contributed by atoms with Crippen LogP contribution in [0.1, 0.15) is 5.56 Å². The molecule has 1 aliphatic heterocycles. The number of fused-ring (bicyclic) bond motifs is 1. The molecule has 0 spiro atoms. The van der Waals surface area contributed by atoms with E-state index in [-0.39, 0.29) is 4.90 Å². The average Bonchev–Trinajstić information content (AvgIpc) is 3.12. The lowest BCUT2D eigenvalue weighted by atomic mass is 10.2. The molecule has 4 rings (SSSR count). The predicted octanol–water partition coefficient (Wildman–Crippen LogP) is 3.64. The zero-order valence-corrected chi connectivity index (χ0v) is 14.7. The summed E-state index contributed by atoms with van der Waals surface area (Å²) >= 11 is 0.